The number of aliphatic hydroxyl groups excluding tert-OH is 1. The molecule has 1 heterocycles. The zero-order chi connectivity index (χ0) is 12.4. The van der Waals surface area contributed by atoms with E-state index in [4.69, 9.17) is 0 Å². The zero-order valence-corrected chi connectivity index (χ0v) is 11.7. The summed E-state index contributed by atoms with van der Waals surface area (Å²) in [7, 11) is 2.14. The van der Waals surface area contributed by atoms with Crippen LogP contribution >= 0.6 is 11.3 Å². The molecule has 17 heavy (non-hydrogen) atoms. The normalized spacial score (nSPS) is 24.4. The van der Waals surface area contributed by atoms with E-state index in [1.54, 1.807) is 11.3 Å². The van der Waals surface area contributed by atoms with Gasteiger partial charge in [0.25, 0.3) is 0 Å². The number of nitrogens with zero attached hydrogens (tertiary/aromatic N) is 2. The van der Waals surface area contributed by atoms with E-state index in [-0.39, 0.29) is 6.10 Å². The first-order valence-electron chi connectivity index (χ1n) is 6.35. The lowest BCUT2D eigenvalue weighted by atomic mass is 9.82. The minimum atomic E-state index is -0.0415. The molecule has 0 saturated heterocycles. The zero-order valence-electron chi connectivity index (χ0n) is 10.9. The molecule has 0 unspecified atom stereocenters. The van der Waals surface area contributed by atoms with Crippen LogP contribution in [0.15, 0.2) is 5.38 Å². The van der Waals surface area contributed by atoms with Crippen LogP contribution in [0, 0.1) is 5.92 Å². The lowest BCUT2D eigenvalue weighted by molar-refractivity contribution is 0.0272. The molecule has 1 aromatic heterocycles. The maximum absolute atomic E-state index is 9.26. The Balaban J connectivity index is 1.79. The Morgan fingerprint density at radius 3 is 2.76 bits per heavy atom. The SMILES string of the molecule is CC(C)c1nc(CN(C)CC2CC(O)C2)cs1. The highest BCUT2D eigenvalue weighted by molar-refractivity contribution is 7.09. The van der Waals surface area contributed by atoms with Gasteiger partial charge in [-0.15, -0.1) is 11.3 Å². The van der Waals surface area contributed by atoms with Crippen LogP contribution in [-0.4, -0.2) is 34.7 Å². The largest absolute Gasteiger partial charge is 0.393 e. The van der Waals surface area contributed by atoms with Crippen molar-refractivity contribution >= 4 is 11.3 Å². The van der Waals surface area contributed by atoms with Gasteiger partial charge in [0.2, 0.25) is 0 Å². The number of thiazole rings is 1. The molecule has 1 aromatic rings. The third-order valence-corrected chi connectivity index (χ3v) is 4.47. The van der Waals surface area contributed by atoms with Crippen molar-refractivity contribution in [3.63, 3.8) is 0 Å². The van der Waals surface area contributed by atoms with Crippen molar-refractivity contribution in [2.75, 3.05) is 13.6 Å². The van der Waals surface area contributed by atoms with E-state index in [9.17, 15) is 5.11 Å². The average molecular weight is 254 g/mol. The van der Waals surface area contributed by atoms with Gasteiger partial charge in [0, 0.05) is 24.4 Å². The lowest BCUT2D eigenvalue weighted by Crippen LogP contribution is -2.36. The van der Waals surface area contributed by atoms with Crippen LogP contribution in [-0.2, 0) is 6.54 Å². The Bertz CT molecular complexity index is 358. The Morgan fingerprint density at radius 1 is 1.53 bits per heavy atom. The van der Waals surface area contributed by atoms with Crippen LogP contribution < -0.4 is 0 Å². The second kappa shape index (κ2) is 5.46. The Hall–Kier alpha value is -0.450. The molecular formula is C13H22N2OS. The quantitative estimate of drug-likeness (QED) is 0.877. The first-order chi connectivity index (χ1) is 8.04. The monoisotopic (exact) mass is 254 g/mol. The molecule has 0 atom stereocenters. The highest BCUT2D eigenvalue weighted by atomic mass is 32.1. The van der Waals surface area contributed by atoms with Crippen molar-refractivity contribution in [2.45, 2.75) is 45.3 Å². The summed E-state index contributed by atoms with van der Waals surface area (Å²) in [6.07, 6.45) is 1.90. The van der Waals surface area contributed by atoms with Crippen molar-refractivity contribution in [1.29, 1.82) is 0 Å². The van der Waals surface area contributed by atoms with E-state index in [2.05, 4.69) is 36.2 Å². The molecule has 1 aliphatic carbocycles. The third-order valence-electron chi connectivity index (χ3n) is 3.28. The molecule has 0 spiro atoms. The predicted molar refractivity (Wildman–Crippen MR) is 71.3 cm³/mol. The third kappa shape index (κ3) is 3.50. The fraction of sp³-hybridized carbons (Fsp3) is 0.769. The fourth-order valence-corrected chi connectivity index (χ4v) is 3.12. The Labute approximate surface area is 107 Å². The van der Waals surface area contributed by atoms with Crippen LogP contribution in [0.2, 0.25) is 0 Å². The average Bonchev–Trinajstić information content (AvgIpc) is 2.63. The number of rotatable bonds is 5. The Kier molecular flexibility index (Phi) is 4.17. The summed E-state index contributed by atoms with van der Waals surface area (Å²) >= 11 is 1.76. The molecule has 4 heteroatoms. The van der Waals surface area contributed by atoms with Crippen molar-refractivity contribution in [3.8, 4) is 0 Å². The van der Waals surface area contributed by atoms with Gasteiger partial charge >= 0.3 is 0 Å². The molecule has 96 valence electrons. The van der Waals surface area contributed by atoms with Crippen LogP contribution in [0.25, 0.3) is 0 Å². The van der Waals surface area contributed by atoms with Gasteiger partial charge in [-0.25, -0.2) is 4.98 Å². The molecule has 1 aliphatic rings. The predicted octanol–water partition coefficient (Wildman–Crippen LogP) is 2.47. The Morgan fingerprint density at radius 2 is 2.24 bits per heavy atom. The molecule has 0 radical (unpaired) electrons. The first-order valence-corrected chi connectivity index (χ1v) is 7.23. The second-order valence-corrected chi connectivity index (χ2v) is 6.41. The summed E-state index contributed by atoms with van der Waals surface area (Å²) in [6, 6.07) is 0. The summed E-state index contributed by atoms with van der Waals surface area (Å²) in [5.74, 6) is 1.21. The number of aliphatic hydroxyl groups is 1. The van der Waals surface area contributed by atoms with Crippen LogP contribution in [0.4, 0.5) is 0 Å². The van der Waals surface area contributed by atoms with E-state index in [0.717, 1.165) is 25.9 Å². The summed E-state index contributed by atoms with van der Waals surface area (Å²) in [5.41, 5.74) is 1.18. The van der Waals surface area contributed by atoms with E-state index >= 15 is 0 Å². The standard InChI is InChI=1S/C13H22N2OS/c1-9(2)13-14-11(8-17-13)7-15(3)6-10-4-12(16)5-10/h8-10,12,16H,4-7H2,1-3H3. The van der Waals surface area contributed by atoms with Crippen LogP contribution in [0.5, 0.6) is 0 Å². The van der Waals surface area contributed by atoms with E-state index in [0.29, 0.717) is 11.8 Å². The smallest absolute Gasteiger partial charge is 0.0954 e. The van der Waals surface area contributed by atoms with Gasteiger partial charge in [-0.1, -0.05) is 13.8 Å². The molecule has 0 amide bonds. The molecule has 2 rings (SSSR count). The molecular weight excluding hydrogens is 232 g/mol. The van der Waals surface area contributed by atoms with Gasteiger partial charge in [-0.3, -0.25) is 0 Å². The molecule has 1 fully saturated rings. The first kappa shape index (κ1) is 13.0. The van der Waals surface area contributed by atoms with Gasteiger partial charge < -0.3 is 10.0 Å². The minimum Gasteiger partial charge on any atom is -0.393 e. The van der Waals surface area contributed by atoms with Gasteiger partial charge in [0.15, 0.2) is 0 Å². The highest BCUT2D eigenvalue weighted by Crippen LogP contribution is 2.28. The van der Waals surface area contributed by atoms with Gasteiger partial charge in [-0.05, 0) is 25.8 Å². The molecule has 0 aromatic carbocycles. The van der Waals surface area contributed by atoms with Crippen molar-refractivity contribution in [3.05, 3.63) is 16.1 Å². The van der Waals surface area contributed by atoms with Crippen molar-refractivity contribution < 1.29 is 5.11 Å². The molecule has 3 nitrogen and oxygen atoms in total. The lowest BCUT2D eigenvalue weighted by Gasteiger charge is -2.34. The van der Waals surface area contributed by atoms with Gasteiger partial charge in [0.1, 0.15) is 0 Å². The fourth-order valence-electron chi connectivity index (χ4n) is 2.29. The second-order valence-electron chi connectivity index (χ2n) is 5.52. The maximum atomic E-state index is 9.26. The van der Waals surface area contributed by atoms with Crippen LogP contribution in [0.3, 0.4) is 0 Å². The molecule has 0 bridgehead atoms. The van der Waals surface area contributed by atoms with E-state index < -0.39 is 0 Å². The summed E-state index contributed by atoms with van der Waals surface area (Å²) in [5, 5.41) is 12.7. The topological polar surface area (TPSA) is 36.4 Å². The van der Waals surface area contributed by atoms with Crippen molar-refractivity contribution in [1.82, 2.24) is 9.88 Å². The summed E-state index contributed by atoms with van der Waals surface area (Å²) < 4.78 is 0. The number of hydrogen-bond acceptors (Lipinski definition) is 4. The minimum absolute atomic E-state index is 0.0415. The summed E-state index contributed by atoms with van der Waals surface area (Å²) in [6.45, 7) is 6.37. The highest BCUT2D eigenvalue weighted by Gasteiger charge is 2.27. The number of hydrogen-bond donors (Lipinski definition) is 1. The molecule has 1 saturated carbocycles. The van der Waals surface area contributed by atoms with E-state index in [1.807, 2.05) is 0 Å². The van der Waals surface area contributed by atoms with E-state index in [1.165, 1.54) is 10.7 Å². The molecule has 0 aliphatic heterocycles. The van der Waals surface area contributed by atoms with Gasteiger partial charge in [0.05, 0.1) is 16.8 Å². The molecule has 1 N–H and O–H groups in total. The number of aromatic nitrogens is 1. The van der Waals surface area contributed by atoms with Crippen LogP contribution in [0.1, 0.15) is 43.3 Å². The van der Waals surface area contributed by atoms with Crippen molar-refractivity contribution in [2.24, 2.45) is 5.92 Å². The maximum Gasteiger partial charge on any atom is 0.0954 e. The van der Waals surface area contributed by atoms with Gasteiger partial charge in [-0.2, -0.15) is 0 Å². The summed E-state index contributed by atoms with van der Waals surface area (Å²) in [4.78, 5) is 6.96.